The zero-order valence-corrected chi connectivity index (χ0v) is 11.0. The van der Waals surface area contributed by atoms with Crippen LogP contribution in [0.1, 0.15) is 38.8 Å². The van der Waals surface area contributed by atoms with Gasteiger partial charge in [-0.2, -0.15) is 4.98 Å². The third-order valence-electron chi connectivity index (χ3n) is 3.32. The second kappa shape index (κ2) is 5.34. The van der Waals surface area contributed by atoms with Crippen LogP contribution in [0.15, 0.2) is 6.07 Å². The van der Waals surface area contributed by atoms with E-state index in [4.69, 9.17) is 0 Å². The molecular weight excluding hydrogens is 212 g/mol. The van der Waals surface area contributed by atoms with Gasteiger partial charge in [-0.1, -0.05) is 6.92 Å². The minimum Gasteiger partial charge on any atom is -0.354 e. The molecule has 0 aliphatic carbocycles. The summed E-state index contributed by atoms with van der Waals surface area (Å²) in [4.78, 5) is 11.4. The Balaban J connectivity index is 2.24. The molecule has 0 amide bonds. The van der Waals surface area contributed by atoms with E-state index in [9.17, 15) is 0 Å². The Bertz CT molecular complexity index is 378. The summed E-state index contributed by atoms with van der Waals surface area (Å²) in [5.74, 6) is 1.84. The molecule has 0 bridgehead atoms. The average molecular weight is 234 g/mol. The van der Waals surface area contributed by atoms with Gasteiger partial charge < -0.3 is 10.2 Å². The summed E-state index contributed by atoms with van der Waals surface area (Å²) in [6.07, 6.45) is 3.76. The molecule has 1 aromatic heterocycles. The predicted octanol–water partition coefficient (Wildman–Crippen LogP) is 2.60. The summed E-state index contributed by atoms with van der Waals surface area (Å²) >= 11 is 0. The molecule has 1 N–H and O–H groups in total. The number of nitrogens with zero attached hydrogens (tertiary/aromatic N) is 3. The highest BCUT2D eigenvalue weighted by molar-refractivity contribution is 5.46. The zero-order valence-electron chi connectivity index (χ0n) is 11.0. The molecule has 1 saturated heterocycles. The van der Waals surface area contributed by atoms with Crippen molar-refractivity contribution in [1.82, 2.24) is 9.97 Å². The number of rotatable bonds is 4. The SMILES string of the molecule is CCNc1nc(C)cc(N2CCCC2CC)n1. The Hall–Kier alpha value is -1.32. The van der Waals surface area contributed by atoms with E-state index in [0.717, 1.165) is 30.5 Å². The molecule has 94 valence electrons. The van der Waals surface area contributed by atoms with Crippen LogP contribution in [0, 0.1) is 6.92 Å². The van der Waals surface area contributed by atoms with Crippen molar-refractivity contribution in [3.05, 3.63) is 11.8 Å². The van der Waals surface area contributed by atoms with Gasteiger partial charge in [-0.25, -0.2) is 4.98 Å². The lowest BCUT2D eigenvalue weighted by atomic mass is 10.2. The molecule has 0 spiro atoms. The molecule has 1 aromatic rings. The normalized spacial score (nSPS) is 19.7. The van der Waals surface area contributed by atoms with Crippen molar-refractivity contribution in [2.45, 2.75) is 46.1 Å². The van der Waals surface area contributed by atoms with Crippen molar-refractivity contribution < 1.29 is 0 Å². The molecular formula is C13H22N4. The van der Waals surface area contributed by atoms with E-state index in [1.54, 1.807) is 0 Å². The third-order valence-corrected chi connectivity index (χ3v) is 3.32. The summed E-state index contributed by atoms with van der Waals surface area (Å²) in [5.41, 5.74) is 1.03. The number of hydrogen-bond acceptors (Lipinski definition) is 4. The summed E-state index contributed by atoms with van der Waals surface area (Å²) in [5, 5.41) is 3.20. The monoisotopic (exact) mass is 234 g/mol. The number of nitrogens with one attached hydrogen (secondary N) is 1. The molecule has 2 rings (SSSR count). The van der Waals surface area contributed by atoms with Gasteiger partial charge in [0.15, 0.2) is 0 Å². The van der Waals surface area contributed by atoms with E-state index in [1.165, 1.54) is 19.3 Å². The van der Waals surface area contributed by atoms with Crippen molar-refractivity contribution in [2.24, 2.45) is 0 Å². The fourth-order valence-corrected chi connectivity index (χ4v) is 2.50. The minimum absolute atomic E-state index is 0.652. The van der Waals surface area contributed by atoms with E-state index >= 15 is 0 Å². The van der Waals surface area contributed by atoms with Crippen LogP contribution >= 0.6 is 0 Å². The standard InChI is InChI=1S/C13H22N4/c1-4-11-7-6-8-17(11)12-9-10(3)15-13(16-12)14-5-2/h9,11H,4-8H2,1-3H3,(H,14,15,16). The van der Waals surface area contributed by atoms with Gasteiger partial charge in [0.1, 0.15) is 5.82 Å². The van der Waals surface area contributed by atoms with E-state index in [0.29, 0.717) is 6.04 Å². The van der Waals surface area contributed by atoms with Gasteiger partial charge in [-0.05, 0) is 33.1 Å². The number of anilines is 2. The lowest BCUT2D eigenvalue weighted by Crippen LogP contribution is -2.29. The largest absolute Gasteiger partial charge is 0.354 e. The molecule has 0 aromatic carbocycles. The average Bonchev–Trinajstić information content (AvgIpc) is 2.76. The highest BCUT2D eigenvalue weighted by atomic mass is 15.3. The van der Waals surface area contributed by atoms with Crippen LogP contribution < -0.4 is 10.2 Å². The van der Waals surface area contributed by atoms with Gasteiger partial charge in [0.2, 0.25) is 5.95 Å². The van der Waals surface area contributed by atoms with Crippen LogP contribution in [-0.2, 0) is 0 Å². The summed E-state index contributed by atoms with van der Waals surface area (Å²) in [6.45, 7) is 8.34. The fraction of sp³-hybridized carbons (Fsp3) is 0.692. The summed E-state index contributed by atoms with van der Waals surface area (Å²) < 4.78 is 0. The topological polar surface area (TPSA) is 41.1 Å². The first-order valence-corrected chi connectivity index (χ1v) is 6.60. The minimum atomic E-state index is 0.652. The van der Waals surface area contributed by atoms with E-state index in [-0.39, 0.29) is 0 Å². The maximum atomic E-state index is 4.61. The molecule has 17 heavy (non-hydrogen) atoms. The third kappa shape index (κ3) is 2.68. The van der Waals surface area contributed by atoms with E-state index in [1.807, 2.05) is 6.92 Å². The highest BCUT2D eigenvalue weighted by Gasteiger charge is 2.24. The van der Waals surface area contributed by atoms with Crippen LogP contribution in [0.5, 0.6) is 0 Å². The van der Waals surface area contributed by atoms with E-state index in [2.05, 4.69) is 40.1 Å². The lowest BCUT2D eigenvalue weighted by molar-refractivity contribution is 0.640. The zero-order chi connectivity index (χ0) is 12.3. The second-order valence-electron chi connectivity index (χ2n) is 4.62. The Morgan fingerprint density at radius 2 is 2.24 bits per heavy atom. The Labute approximate surface area is 103 Å². The lowest BCUT2D eigenvalue weighted by Gasteiger charge is -2.25. The molecule has 1 aliphatic rings. The Kier molecular flexibility index (Phi) is 3.82. The van der Waals surface area contributed by atoms with Gasteiger partial charge in [0.05, 0.1) is 0 Å². The first-order valence-electron chi connectivity index (χ1n) is 6.60. The Morgan fingerprint density at radius 3 is 2.94 bits per heavy atom. The number of aryl methyl sites for hydroxylation is 1. The van der Waals surface area contributed by atoms with Gasteiger partial charge in [-0.15, -0.1) is 0 Å². The maximum Gasteiger partial charge on any atom is 0.224 e. The number of hydrogen-bond donors (Lipinski definition) is 1. The first kappa shape index (κ1) is 12.1. The smallest absolute Gasteiger partial charge is 0.224 e. The van der Waals surface area contributed by atoms with Crippen LogP contribution in [0.4, 0.5) is 11.8 Å². The maximum absolute atomic E-state index is 4.61. The van der Waals surface area contributed by atoms with Crippen molar-refractivity contribution in [2.75, 3.05) is 23.3 Å². The molecule has 1 fully saturated rings. The van der Waals surface area contributed by atoms with Crippen LogP contribution in [0.3, 0.4) is 0 Å². The van der Waals surface area contributed by atoms with Crippen molar-refractivity contribution in [1.29, 1.82) is 0 Å². The van der Waals surface area contributed by atoms with E-state index < -0.39 is 0 Å². The molecule has 1 aliphatic heterocycles. The summed E-state index contributed by atoms with van der Waals surface area (Å²) in [7, 11) is 0. The molecule has 0 radical (unpaired) electrons. The van der Waals surface area contributed by atoms with Gasteiger partial charge in [0.25, 0.3) is 0 Å². The number of aromatic nitrogens is 2. The molecule has 0 saturated carbocycles. The van der Waals surface area contributed by atoms with Gasteiger partial charge >= 0.3 is 0 Å². The molecule has 1 unspecified atom stereocenters. The second-order valence-corrected chi connectivity index (χ2v) is 4.62. The van der Waals surface area contributed by atoms with Crippen LogP contribution in [0.2, 0.25) is 0 Å². The summed E-state index contributed by atoms with van der Waals surface area (Å²) in [6, 6.07) is 2.74. The first-order chi connectivity index (χ1) is 8.24. The van der Waals surface area contributed by atoms with Crippen molar-refractivity contribution in [3.8, 4) is 0 Å². The van der Waals surface area contributed by atoms with Crippen LogP contribution in [0.25, 0.3) is 0 Å². The quantitative estimate of drug-likeness (QED) is 0.869. The van der Waals surface area contributed by atoms with Crippen LogP contribution in [-0.4, -0.2) is 29.1 Å². The molecule has 4 heteroatoms. The van der Waals surface area contributed by atoms with Gasteiger partial charge in [0, 0.05) is 30.9 Å². The van der Waals surface area contributed by atoms with Crippen molar-refractivity contribution >= 4 is 11.8 Å². The Morgan fingerprint density at radius 1 is 1.41 bits per heavy atom. The highest BCUT2D eigenvalue weighted by Crippen LogP contribution is 2.26. The fourth-order valence-electron chi connectivity index (χ4n) is 2.50. The van der Waals surface area contributed by atoms with Gasteiger partial charge in [-0.3, -0.25) is 0 Å². The molecule has 2 heterocycles. The molecule has 1 atom stereocenters. The predicted molar refractivity (Wildman–Crippen MR) is 71.6 cm³/mol. The van der Waals surface area contributed by atoms with Crippen molar-refractivity contribution in [3.63, 3.8) is 0 Å². The molecule has 4 nitrogen and oxygen atoms in total.